The van der Waals surface area contributed by atoms with E-state index < -0.39 is 32.1 Å². The fourth-order valence-corrected chi connectivity index (χ4v) is 4.79. The van der Waals surface area contributed by atoms with Crippen molar-refractivity contribution in [1.29, 1.82) is 0 Å². The molecule has 11 heteroatoms. The predicted octanol–water partition coefficient (Wildman–Crippen LogP) is 2.83. The molecule has 2 aromatic carbocycles. The van der Waals surface area contributed by atoms with Gasteiger partial charge in [-0.1, -0.05) is 19.4 Å². The van der Waals surface area contributed by atoms with Crippen LogP contribution in [0, 0.1) is 0 Å². The number of aryl methyl sites for hydroxylation is 1. The molecule has 0 saturated carbocycles. The van der Waals surface area contributed by atoms with Crippen molar-refractivity contribution >= 4 is 15.8 Å². The van der Waals surface area contributed by atoms with E-state index in [9.17, 15) is 23.1 Å². The van der Waals surface area contributed by atoms with E-state index in [1.807, 2.05) is 6.92 Å². The van der Waals surface area contributed by atoms with Crippen LogP contribution in [0.15, 0.2) is 57.1 Å². The van der Waals surface area contributed by atoms with Gasteiger partial charge in [-0.2, -0.15) is 4.98 Å². The molecule has 0 fully saturated rings. The Morgan fingerprint density at radius 3 is 2.15 bits per heavy atom. The number of aromatic carboxylic acids is 1. The lowest BCUT2D eigenvalue weighted by molar-refractivity contribution is 0.0696. The number of sulfone groups is 1. The second-order valence-electron chi connectivity index (χ2n) is 7.27. The Labute approximate surface area is 196 Å². The van der Waals surface area contributed by atoms with Crippen LogP contribution in [0.3, 0.4) is 0 Å². The average molecular weight is 489 g/mol. The van der Waals surface area contributed by atoms with E-state index in [1.165, 1.54) is 14.2 Å². The van der Waals surface area contributed by atoms with Crippen LogP contribution in [0.25, 0.3) is 5.69 Å². The van der Waals surface area contributed by atoms with Gasteiger partial charge in [0.2, 0.25) is 15.7 Å². The fourth-order valence-electron chi connectivity index (χ4n) is 3.45. The molecule has 180 valence electrons. The van der Waals surface area contributed by atoms with Crippen molar-refractivity contribution < 1.29 is 32.9 Å². The molecule has 0 unspecified atom stereocenters. The molecule has 0 atom stereocenters. The number of hydrogen-bond donors (Lipinski definition) is 2. The highest BCUT2D eigenvalue weighted by molar-refractivity contribution is 7.91. The van der Waals surface area contributed by atoms with Crippen LogP contribution in [0.1, 0.15) is 35.9 Å². The molecule has 0 aliphatic heterocycles. The highest BCUT2D eigenvalue weighted by Crippen LogP contribution is 2.34. The Morgan fingerprint density at radius 1 is 1.06 bits per heavy atom. The summed E-state index contributed by atoms with van der Waals surface area (Å²) in [6.45, 7) is 1.94. The zero-order valence-corrected chi connectivity index (χ0v) is 19.6. The predicted molar refractivity (Wildman–Crippen MR) is 122 cm³/mol. The fraction of sp³-hybridized carbons (Fsp3) is 0.261. The number of carboxylic acids is 1. The van der Waals surface area contributed by atoms with Gasteiger partial charge in [-0.05, 0) is 42.8 Å². The molecule has 0 amide bonds. The Hall–Kier alpha value is -3.86. The third-order valence-corrected chi connectivity index (χ3v) is 6.94. The maximum Gasteiger partial charge on any atom is 0.335 e. The summed E-state index contributed by atoms with van der Waals surface area (Å²) >= 11 is 0. The Balaban J connectivity index is 2.36. The summed E-state index contributed by atoms with van der Waals surface area (Å²) in [7, 11) is -1.78. The van der Waals surface area contributed by atoms with Crippen LogP contribution in [0.2, 0.25) is 0 Å². The number of ether oxygens (including phenoxy) is 2. The van der Waals surface area contributed by atoms with E-state index in [1.54, 1.807) is 18.2 Å². The van der Waals surface area contributed by atoms with Crippen LogP contribution >= 0.6 is 0 Å². The number of aromatic hydroxyl groups is 1. The lowest BCUT2D eigenvalue weighted by atomic mass is 10.2. The highest BCUT2D eigenvalue weighted by Gasteiger charge is 2.31. The minimum atomic E-state index is -4.57. The lowest BCUT2D eigenvalue weighted by Crippen LogP contribution is -2.30. The minimum Gasteiger partial charge on any atom is -0.494 e. The molecule has 0 radical (unpaired) electrons. The molecule has 0 spiro atoms. The van der Waals surface area contributed by atoms with Gasteiger partial charge in [0.25, 0.3) is 5.56 Å². The molecule has 0 aliphatic carbocycles. The van der Waals surface area contributed by atoms with E-state index >= 15 is 0 Å². The number of carboxylic acid groups (broad SMARTS) is 1. The van der Waals surface area contributed by atoms with Gasteiger partial charge in [0.05, 0.1) is 24.7 Å². The summed E-state index contributed by atoms with van der Waals surface area (Å²) in [4.78, 5) is 27.6. The third-order valence-electron chi connectivity index (χ3n) is 5.15. The maximum atomic E-state index is 13.7. The Kier molecular flexibility index (Phi) is 7.26. The van der Waals surface area contributed by atoms with E-state index in [2.05, 4.69) is 4.98 Å². The number of carbonyl (C=O) groups is 1. The largest absolute Gasteiger partial charge is 0.494 e. The monoisotopic (exact) mass is 488 g/mol. The maximum absolute atomic E-state index is 13.7. The molecule has 2 N–H and O–H groups in total. The van der Waals surface area contributed by atoms with Gasteiger partial charge in [-0.25, -0.2) is 13.2 Å². The minimum absolute atomic E-state index is 0.132. The average Bonchev–Trinajstić information content (AvgIpc) is 2.82. The van der Waals surface area contributed by atoms with Crippen LogP contribution in [-0.2, 0) is 16.3 Å². The number of rotatable bonds is 9. The van der Waals surface area contributed by atoms with Crippen LogP contribution in [0.5, 0.6) is 17.4 Å². The van der Waals surface area contributed by atoms with Crippen LogP contribution < -0.4 is 15.0 Å². The summed E-state index contributed by atoms with van der Waals surface area (Å²) < 4.78 is 38.6. The number of methoxy groups -OCH3 is 2. The normalized spacial score (nSPS) is 11.3. The smallest absolute Gasteiger partial charge is 0.335 e. The van der Waals surface area contributed by atoms with Crippen molar-refractivity contribution in [3.63, 3.8) is 0 Å². The topological polar surface area (TPSA) is 145 Å². The van der Waals surface area contributed by atoms with Crippen LogP contribution in [-0.4, -0.2) is 48.4 Å². The lowest BCUT2D eigenvalue weighted by Gasteiger charge is -2.19. The first-order chi connectivity index (χ1) is 16.2. The molecule has 34 heavy (non-hydrogen) atoms. The molecule has 3 rings (SSSR count). The van der Waals surface area contributed by atoms with E-state index in [0.29, 0.717) is 6.42 Å². The summed E-state index contributed by atoms with van der Waals surface area (Å²) in [6.07, 6.45) is 1.65. The van der Waals surface area contributed by atoms with Crippen molar-refractivity contribution in [2.75, 3.05) is 14.2 Å². The van der Waals surface area contributed by atoms with Gasteiger partial charge in [-0.3, -0.25) is 9.36 Å². The number of benzene rings is 2. The molecule has 1 heterocycles. The number of aromatic nitrogens is 2. The Morgan fingerprint density at radius 2 is 1.65 bits per heavy atom. The van der Waals surface area contributed by atoms with Gasteiger partial charge in [-0.15, -0.1) is 0 Å². The van der Waals surface area contributed by atoms with E-state index in [-0.39, 0.29) is 39.9 Å². The van der Waals surface area contributed by atoms with Gasteiger partial charge in [0.1, 0.15) is 23.0 Å². The van der Waals surface area contributed by atoms with Gasteiger partial charge >= 0.3 is 5.97 Å². The molecule has 0 bridgehead atoms. The molecule has 0 aliphatic rings. The van der Waals surface area contributed by atoms with Crippen molar-refractivity contribution in [3.8, 4) is 23.1 Å². The molecule has 10 nitrogen and oxygen atoms in total. The standard InChI is InChI=1S/C23H24N2O8S/c1-4-5-9-18-24-21(26)20(34(30,31)15-12-10-14(11-13-15)23(28)29)22(27)25(18)19-16(32-2)7-6-8-17(19)33-3/h6-8,10-13,26H,4-5,9H2,1-3H3,(H,28,29). The van der Waals surface area contributed by atoms with Crippen molar-refractivity contribution in [1.82, 2.24) is 9.55 Å². The first-order valence-electron chi connectivity index (χ1n) is 10.3. The first-order valence-corrected chi connectivity index (χ1v) is 11.8. The van der Waals surface area contributed by atoms with Gasteiger partial charge in [0.15, 0.2) is 4.90 Å². The summed E-state index contributed by atoms with van der Waals surface area (Å²) in [5.41, 5.74) is -1.02. The molecule has 0 saturated heterocycles. The van der Waals surface area contributed by atoms with Gasteiger partial charge in [0, 0.05) is 6.42 Å². The van der Waals surface area contributed by atoms with Crippen molar-refractivity contribution in [2.24, 2.45) is 0 Å². The second kappa shape index (κ2) is 9.96. The first kappa shape index (κ1) is 24.8. The highest BCUT2D eigenvalue weighted by atomic mass is 32.2. The molecular weight excluding hydrogens is 464 g/mol. The number of nitrogens with zero attached hydrogens (tertiary/aromatic N) is 2. The van der Waals surface area contributed by atoms with E-state index in [0.717, 1.165) is 35.3 Å². The summed E-state index contributed by atoms with van der Waals surface area (Å²) in [5.74, 6) is -1.57. The zero-order chi connectivity index (χ0) is 25.0. The third kappa shape index (κ3) is 4.46. The zero-order valence-electron chi connectivity index (χ0n) is 18.8. The molecule has 1 aromatic heterocycles. The van der Waals surface area contributed by atoms with Gasteiger partial charge < -0.3 is 19.7 Å². The van der Waals surface area contributed by atoms with Crippen molar-refractivity contribution in [3.05, 3.63) is 64.2 Å². The Bertz CT molecular complexity index is 1360. The van der Waals surface area contributed by atoms with E-state index in [4.69, 9.17) is 14.6 Å². The number of hydrogen-bond acceptors (Lipinski definition) is 8. The molecule has 3 aromatic rings. The van der Waals surface area contributed by atoms with Crippen LogP contribution in [0.4, 0.5) is 0 Å². The molecular formula is C23H24N2O8S. The number of unbranched alkanes of at least 4 members (excludes halogenated alkanes) is 1. The second-order valence-corrected chi connectivity index (χ2v) is 9.16. The SMILES string of the molecule is CCCCc1nc(O)c(S(=O)(=O)c2ccc(C(=O)O)cc2)c(=O)n1-c1c(OC)cccc1OC. The number of para-hydroxylation sites is 1. The summed E-state index contributed by atoms with van der Waals surface area (Å²) in [5, 5.41) is 19.6. The van der Waals surface area contributed by atoms with Crippen molar-refractivity contribution in [2.45, 2.75) is 36.0 Å². The summed E-state index contributed by atoms with van der Waals surface area (Å²) in [6, 6.07) is 9.11. The quantitative estimate of drug-likeness (QED) is 0.464.